The fourth-order valence-electron chi connectivity index (χ4n) is 1.05. The molecule has 1 aromatic rings. The lowest BCUT2D eigenvalue weighted by Crippen LogP contribution is -2.36. The maximum Gasteiger partial charge on any atom is 0.144 e. The summed E-state index contributed by atoms with van der Waals surface area (Å²) in [5, 5.41) is 3.33. The first-order chi connectivity index (χ1) is 7.00. The maximum atomic E-state index is 5.93. The van der Waals surface area contributed by atoms with Gasteiger partial charge in [-0.05, 0) is 36.2 Å². The van der Waals surface area contributed by atoms with Crippen molar-refractivity contribution in [3.8, 4) is 0 Å². The van der Waals surface area contributed by atoms with Crippen molar-refractivity contribution in [2.24, 2.45) is 0 Å². The molecule has 0 spiro atoms. The Morgan fingerprint density at radius 3 is 2.80 bits per heavy atom. The van der Waals surface area contributed by atoms with E-state index in [-0.39, 0.29) is 5.54 Å². The number of hydrogen-bond acceptors (Lipinski definition) is 3. The summed E-state index contributed by atoms with van der Waals surface area (Å²) in [5.41, 5.74) is -0.134. The number of rotatable bonds is 4. The van der Waals surface area contributed by atoms with Crippen LogP contribution in [0.15, 0.2) is 10.7 Å². The molecular formula is C10H15BrClN3. The third kappa shape index (κ3) is 3.31. The van der Waals surface area contributed by atoms with Crippen molar-refractivity contribution >= 4 is 33.3 Å². The van der Waals surface area contributed by atoms with Crippen molar-refractivity contribution in [1.29, 1.82) is 0 Å². The highest BCUT2D eigenvalue weighted by Gasteiger charge is 2.22. The molecule has 84 valence electrons. The summed E-state index contributed by atoms with van der Waals surface area (Å²) >= 11 is 9.34. The Bertz CT molecular complexity index is 339. The SMILES string of the molecule is CCC(C)(CCl)Nc1nc(C)ncc1Br. The van der Waals surface area contributed by atoms with Gasteiger partial charge in [0.15, 0.2) is 0 Å². The minimum Gasteiger partial charge on any atom is -0.363 e. The van der Waals surface area contributed by atoms with Crippen LogP contribution in [0.3, 0.4) is 0 Å². The maximum absolute atomic E-state index is 5.93. The molecule has 0 fully saturated rings. The van der Waals surface area contributed by atoms with Crippen LogP contribution < -0.4 is 5.32 Å². The zero-order valence-corrected chi connectivity index (χ0v) is 11.5. The summed E-state index contributed by atoms with van der Waals surface area (Å²) in [5.74, 6) is 2.08. The number of aromatic nitrogens is 2. The number of nitrogens with one attached hydrogen (secondary N) is 1. The average molecular weight is 293 g/mol. The quantitative estimate of drug-likeness (QED) is 0.865. The molecule has 0 aliphatic heterocycles. The Morgan fingerprint density at radius 1 is 1.60 bits per heavy atom. The first-order valence-corrected chi connectivity index (χ1v) is 6.17. The lowest BCUT2D eigenvalue weighted by Gasteiger charge is -2.28. The van der Waals surface area contributed by atoms with Crippen LogP contribution in [0.1, 0.15) is 26.1 Å². The molecule has 0 saturated carbocycles. The van der Waals surface area contributed by atoms with E-state index in [1.807, 2.05) is 6.92 Å². The molecule has 1 N–H and O–H groups in total. The monoisotopic (exact) mass is 291 g/mol. The van der Waals surface area contributed by atoms with Gasteiger partial charge in [-0.1, -0.05) is 6.92 Å². The Morgan fingerprint density at radius 2 is 2.27 bits per heavy atom. The Kier molecular flexibility index (Phi) is 4.34. The molecule has 3 nitrogen and oxygen atoms in total. The second kappa shape index (κ2) is 5.12. The van der Waals surface area contributed by atoms with Gasteiger partial charge in [0.25, 0.3) is 0 Å². The van der Waals surface area contributed by atoms with Gasteiger partial charge in [-0.25, -0.2) is 9.97 Å². The van der Waals surface area contributed by atoms with Crippen molar-refractivity contribution in [2.75, 3.05) is 11.2 Å². The highest BCUT2D eigenvalue weighted by molar-refractivity contribution is 9.10. The summed E-state index contributed by atoms with van der Waals surface area (Å²) in [6.07, 6.45) is 2.68. The number of nitrogens with zero attached hydrogens (tertiary/aromatic N) is 2. The van der Waals surface area contributed by atoms with Gasteiger partial charge in [0.1, 0.15) is 11.6 Å². The molecule has 1 aromatic heterocycles. The zero-order chi connectivity index (χ0) is 11.5. The third-order valence-electron chi connectivity index (χ3n) is 2.36. The van der Waals surface area contributed by atoms with Gasteiger partial charge < -0.3 is 5.32 Å². The Balaban J connectivity index is 2.92. The lowest BCUT2D eigenvalue weighted by molar-refractivity contribution is 0.550. The molecule has 5 heteroatoms. The predicted octanol–water partition coefficient (Wildman–Crippen LogP) is 3.37. The van der Waals surface area contributed by atoms with Crippen LogP contribution in [-0.2, 0) is 0 Å². The van der Waals surface area contributed by atoms with Gasteiger partial charge in [-0.2, -0.15) is 0 Å². The van der Waals surface area contributed by atoms with Gasteiger partial charge in [-0.3, -0.25) is 0 Å². The van der Waals surface area contributed by atoms with Gasteiger partial charge in [-0.15, -0.1) is 11.6 Å². The van der Waals surface area contributed by atoms with E-state index in [0.29, 0.717) is 5.88 Å². The second-order valence-corrected chi connectivity index (χ2v) is 4.91. The molecule has 1 atom stereocenters. The highest BCUT2D eigenvalue weighted by atomic mass is 79.9. The minimum atomic E-state index is -0.134. The van der Waals surface area contributed by atoms with Crippen molar-refractivity contribution < 1.29 is 0 Å². The van der Waals surface area contributed by atoms with E-state index < -0.39 is 0 Å². The normalized spacial score (nSPS) is 14.7. The van der Waals surface area contributed by atoms with Crippen molar-refractivity contribution in [3.05, 3.63) is 16.5 Å². The molecule has 1 heterocycles. The number of alkyl halides is 1. The van der Waals surface area contributed by atoms with Gasteiger partial charge >= 0.3 is 0 Å². The van der Waals surface area contributed by atoms with Crippen LogP contribution >= 0.6 is 27.5 Å². The lowest BCUT2D eigenvalue weighted by atomic mass is 10.0. The standard InChI is InChI=1S/C10H15BrClN3/c1-4-10(3,6-12)15-9-8(11)5-13-7(2)14-9/h5H,4,6H2,1-3H3,(H,13,14,15). The number of anilines is 1. The summed E-state index contributed by atoms with van der Waals surface area (Å²) in [7, 11) is 0. The first-order valence-electron chi connectivity index (χ1n) is 4.84. The molecule has 0 radical (unpaired) electrons. The summed E-state index contributed by atoms with van der Waals surface area (Å²) in [4.78, 5) is 8.42. The Labute approximate surface area is 104 Å². The molecule has 15 heavy (non-hydrogen) atoms. The van der Waals surface area contributed by atoms with Crippen LogP contribution in [0, 0.1) is 6.92 Å². The molecule has 0 aliphatic carbocycles. The van der Waals surface area contributed by atoms with Crippen LogP contribution in [0.4, 0.5) is 5.82 Å². The average Bonchev–Trinajstić information content (AvgIpc) is 2.23. The molecule has 0 amide bonds. The van der Waals surface area contributed by atoms with Crippen LogP contribution in [0.2, 0.25) is 0 Å². The van der Waals surface area contributed by atoms with Crippen molar-refractivity contribution in [1.82, 2.24) is 9.97 Å². The number of aryl methyl sites for hydroxylation is 1. The molecule has 1 rings (SSSR count). The summed E-state index contributed by atoms with van der Waals surface area (Å²) < 4.78 is 0.859. The first kappa shape index (κ1) is 12.7. The minimum absolute atomic E-state index is 0.134. The van der Waals surface area contributed by atoms with E-state index in [1.54, 1.807) is 6.20 Å². The van der Waals surface area contributed by atoms with Crippen molar-refractivity contribution in [2.45, 2.75) is 32.7 Å². The fraction of sp³-hybridized carbons (Fsp3) is 0.600. The van der Waals surface area contributed by atoms with E-state index in [2.05, 4.69) is 45.1 Å². The summed E-state index contributed by atoms with van der Waals surface area (Å²) in [6.45, 7) is 6.03. The van der Waals surface area contributed by atoms with Gasteiger partial charge in [0.2, 0.25) is 0 Å². The molecule has 1 unspecified atom stereocenters. The second-order valence-electron chi connectivity index (χ2n) is 3.79. The van der Waals surface area contributed by atoms with E-state index in [0.717, 1.165) is 22.5 Å². The van der Waals surface area contributed by atoms with E-state index in [1.165, 1.54) is 0 Å². The van der Waals surface area contributed by atoms with E-state index in [4.69, 9.17) is 11.6 Å². The topological polar surface area (TPSA) is 37.8 Å². The van der Waals surface area contributed by atoms with Crippen LogP contribution in [-0.4, -0.2) is 21.4 Å². The fourth-order valence-corrected chi connectivity index (χ4v) is 1.59. The number of halogens is 2. The smallest absolute Gasteiger partial charge is 0.144 e. The van der Waals surface area contributed by atoms with Crippen LogP contribution in [0.25, 0.3) is 0 Å². The third-order valence-corrected chi connectivity index (χ3v) is 3.53. The molecule has 0 saturated heterocycles. The summed E-state index contributed by atoms with van der Waals surface area (Å²) in [6, 6.07) is 0. The molecular weight excluding hydrogens is 277 g/mol. The molecule has 0 aliphatic rings. The van der Waals surface area contributed by atoms with E-state index in [9.17, 15) is 0 Å². The highest BCUT2D eigenvalue weighted by Crippen LogP contribution is 2.24. The molecule has 0 aromatic carbocycles. The van der Waals surface area contributed by atoms with E-state index >= 15 is 0 Å². The predicted molar refractivity (Wildman–Crippen MR) is 67.5 cm³/mol. The van der Waals surface area contributed by atoms with Crippen molar-refractivity contribution in [3.63, 3.8) is 0 Å². The number of hydrogen-bond donors (Lipinski definition) is 1. The van der Waals surface area contributed by atoms with Gasteiger partial charge in [0, 0.05) is 17.6 Å². The molecule has 0 bridgehead atoms. The van der Waals surface area contributed by atoms with Gasteiger partial charge in [0.05, 0.1) is 4.47 Å². The van der Waals surface area contributed by atoms with Crippen LogP contribution in [0.5, 0.6) is 0 Å². The largest absolute Gasteiger partial charge is 0.363 e. The Hall–Kier alpha value is -0.350. The zero-order valence-electron chi connectivity index (χ0n) is 9.14.